The van der Waals surface area contributed by atoms with Crippen molar-refractivity contribution < 1.29 is 9.53 Å². The van der Waals surface area contributed by atoms with Crippen molar-refractivity contribution in [3.8, 4) is 0 Å². The summed E-state index contributed by atoms with van der Waals surface area (Å²) in [5.41, 5.74) is 2.06. The van der Waals surface area contributed by atoms with Crippen LogP contribution in [0.5, 0.6) is 0 Å². The Balaban J connectivity index is 2.07. The van der Waals surface area contributed by atoms with E-state index in [1.54, 1.807) is 0 Å². The first-order valence-corrected chi connectivity index (χ1v) is 6.78. The molecule has 2 atom stereocenters. The van der Waals surface area contributed by atoms with Gasteiger partial charge in [0.25, 0.3) is 0 Å². The number of nitrogens with one attached hydrogen (secondary N) is 1. The SMILES string of the molecule is CC(=O)Nc1ccccc1CN1C[C@@H](C)O[C@@H](C)C1. The largest absolute Gasteiger partial charge is 0.373 e. The van der Waals surface area contributed by atoms with Gasteiger partial charge in [0.2, 0.25) is 5.91 Å². The van der Waals surface area contributed by atoms with E-state index < -0.39 is 0 Å². The van der Waals surface area contributed by atoms with E-state index in [2.05, 4.69) is 30.1 Å². The fourth-order valence-electron chi connectivity index (χ4n) is 2.62. The molecule has 1 heterocycles. The molecule has 1 aromatic rings. The lowest BCUT2D eigenvalue weighted by Crippen LogP contribution is -2.44. The van der Waals surface area contributed by atoms with Crippen molar-refractivity contribution in [2.45, 2.75) is 39.5 Å². The fraction of sp³-hybridized carbons (Fsp3) is 0.533. The minimum atomic E-state index is -0.0313. The van der Waals surface area contributed by atoms with Gasteiger partial charge in [-0.3, -0.25) is 9.69 Å². The minimum absolute atomic E-state index is 0.0313. The molecule has 0 aliphatic carbocycles. The van der Waals surface area contributed by atoms with Crippen LogP contribution in [0.2, 0.25) is 0 Å². The van der Waals surface area contributed by atoms with Gasteiger partial charge in [-0.25, -0.2) is 0 Å². The molecule has 2 rings (SSSR count). The molecule has 0 spiro atoms. The molecule has 0 bridgehead atoms. The van der Waals surface area contributed by atoms with E-state index in [4.69, 9.17) is 4.74 Å². The number of morpholine rings is 1. The number of hydrogen-bond acceptors (Lipinski definition) is 3. The van der Waals surface area contributed by atoms with Crippen LogP contribution in [0.25, 0.3) is 0 Å². The van der Waals surface area contributed by atoms with Crippen LogP contribution in [-0.4, -0.2) is 36.1 Å². The maximum atomic E-state index is 11.2. The number of carbonyl (C=O) groups excluding carboxylic acids is 1. The normalized spacial score (nSPS) is 24.2. The van der Waals surface area contributed by atoms with Gasteiger partial charge in [0.15, 0.2) is 0 Å². The Morgan fingerprint density at radius 2 is 1.95 bits per heavy atom. The Hall–Kier alpha value is -1.39. The molecule has 1 saturated heterocycles. The number of nitrogens with zero attached hydrogens (tertiary/aromatic N) is 1. The highest BCUT2D eigenvalue weighted by atomic mass is 16.5. The van der Waals surface area contributed by atoms with Crippen LogP contribution in [-0.2, 0) is 16.1 Å². The summed E-state index contributed by atoms with van der Waals surface area (Å²) in [5, 5.41) is 2.89. The maximum absolute atomic E-state index is 11.2. The average Bonchev–Trinajstić information content (AvgIpc) is 2.29. The lowest BCUT2D eigenvalue weighted by molar-refractivity contribution is -0.114. The molecule has 1 fully saturated rings. The lowest BCUT2D eigenvalue weighted by Gasteiger charge is -2.35. The van der Waals surface area contributed by atoms with Crippen LogP contribution in [0.1, 0.15) is 26.3 Å². The van der Waals surface area contributed by atoms with Gasteiger partial charge < -0.3 is 10.1 Å². The van der Waals surface area contributed by atoms with Crippen molar-refractivity contribution in [2.24, 2.45) is 0 Å². The van der Waals surface area contributed by atoms with E-state index in [-0.39, 0.29) is 18.1 Å². The lowest BCUT2D eigenvalue weighted by atomic mass is 10.1. The van der Waals surface area contributed by atoms with Crippen molar-refractivity contribution in [1.82, 2.24) is 4.90 Å². The first-order chi connectivity index (χ1) is 9.04. The second-order valence-corrected chi connectivity index (χ2v) is 5.29. The predicted octanol–water partition coefficient (Wildman–Crippen LogP) is 2.25. The number of anilines is 1. The molecule has 19 heavy (non-hydrogen) atoms. The van der Waals surface area contributed by atoms with Gasteiger partial charge in [0.1, 0.15) is 0 Å². The molecular formula is C15H22N2O2. The Kier molecular flexibility index (Phi) is 4.56. The van der Waals surface area contributed by atoms with Gasteiger partial charge >= 0.3 is 0 Å². The summed E-state index contributed by atoms with van der Waals surface area (Å²) in [4.78, 5) is 13.6. The second kappa shape index (κ2) is 6.17. The highest BCUT2D eigenvalue weighted by Crippen LogP contribution is 2.20. The third-order valence-corrected chi connectivity index (χ3v) is 3.22. The molecular weight excluding hydrogens is 240 g/mol. The summed E-state index contributed by atoms with van der Waals surface area (Å²) >= 11 is 0. The van der Waals surface area contributed by atoms with Gasteiger partial charge in [-0.1, -0.05) is 18.2 Å². The van der Waals surface area contributed by atoms with E-state index >= 15 is 0 Å². The molecule has 1 aliphatic heterocycles. The van der Waals surface area contributed by atoms with E-state index in [1.807, 2.05) is 18.2 Å². The molecule has 1 amide bonds. The number of hydrogen-bond donors (Lipinski definition) is 1. The van der Waals surface area contributed by atoms with Gasteiger partial charge in [0, 0.05) is 32.2 Å². The highest BCUT2D eigenvalue weighted by molar-refractivity contribution is 5.89. The number of rotatable bonds is 3. The van der Waals surface area contributed by atoms with Gasteiger partial charge in [-0.15, -0.1) is 0 Å². The summed E-state index contributed by atoms with van der Waals surface area (Å²) in [5.74, 6) is -0.0313. The zero-order valence-corrected chi connectivity index (χ0v) is 11.8. The summed E-state index contributed by atoms with van der Waals surface area (Å²) < 4.78 is 5.74. The van der Waals surface area contributed by atoms with Crippen molar-refractivity contribution in [3.63, 3.8) is 0 Å². The van der Waals surface area contributed by atoms with Crippen LogP contribution >= 0.6 is 0 Å². The number of ether oxygens (including phenoxy) is 1. The maximum Gasteiger partial charge on any atom is 0.221 e. The van der Waals surface area contributed by atoms with Crippen molar-refractivity contribution in [1.29, 1.82) is 0 Å². The summed E-state index contributed by atoms with van der Waals surface area (Å²) in [6.07, 6.45) is 0.522. The summed E-state index contributed by atoms with van der Waals surface area (Å²) in [6, 6.07) is 7.97. The molecule has 0 aromatic heterocycles. The fourth-order valence-corrected chi connectivity index (χ4v) is 2.62. The van der Waals surface area contributed by atoms with Crippen LogP contribution in [0.4, 0.5) is 5.69 Å². The minimum Gasteiger partial charge on any atom is -0.373 e. The second-order valence-electron chi connectivity index (χ2n) is 5.29. The van der Waals surface area contributed by atoms with Crippen molar-refractivity contribution in [3.05, 3.63) is 29.8 Å². The van der Waals surface area contributed by atoms with Gasteiger partial charge in [-0.2, -0.15) is 0 Å². The van der Waals surface area contributed by atoms with Crippen LogP contribution in [0, 0.1) is 0 Å². The van der Waals surface area contributed by atoms with Crippen LogP contribution in [0.3, 0.4) is 0 Å². The quantitative estimate of drug-likeness (QED) is 0.908. The molecule has 1 N–H and O–H groups in total. The Morgan fingerprint density at radius 1 is 1.32 bits per heavy atom. The average molecular weight is 262 g/mol. The zero-order chi connectivity index (χ0) is 13.8. The van der Waals surface area contributed by atoms with Gasteiger partial charge in [-0.05, 0) is 25.5 Å². The Labute approximate surface area is 114 Å². The van der Waals surface area contributed by atoms with Crippen molar-refractivity contribution >= 4 is 11.6 Å². The van der Waals surface area contributed by atoms with Crippen molar-refractivity contribution in [2.75, 3.05) is 18.4 Å². The number of amides is 1. The third-order valence-electron chi connectivity index (χ3n) is 3.22. The topological polar surface area (TPSA) is 41.6 Å². The van der Waals surface area contributed by atoms with E-state index in [1.165, 1.54) is 6.92 Å². The summed E-state index contributed by atoms with van der Waals surface area (Å²) in [6.45, 7) is 8.44. The first kappa shape index (κ1) is 14.0. The highest BCUT2D eigenvalue weighted by Gasteiger charge is 2.22. The Bertz CT molecular complexity index is 438. The predicted molar refractivity (Wildman–Crippen MR) is 76.0 cm³/mol. The number of para-hydroxylation sites is 1. The number of carbonyl (C=O) groups is 1. The van der Waals surface area contributed by atoms with E-state index in [9.17, 15) is 4.79 Å². The van der Waals surface area contributed by atoms with Crippen LogP contribution < -0.4 is 5.32 Å². The van der Waals surface area contributed by atoms with E-state index in [0.29, 0.717) is 0 Å². The molecule has 0 radical (unpaired) electrons. The zero-order valence-electron chi connectivity index (χ0n) is 11.8. The monoisotopic (exact) mass is 262 g/mol. The molecule has 4 heteroatoms. The molecule has 4 nitrogen and oxygen atoms in total. The number of benzene rings is 1. The molecule has 0 saturated carbocycles. The molecule has 1 aliphatic rings. The third kappa shape index (κ3) is 4.04. The van der Waals surface area contributed by atoms with Crippen LogP contribution in [0.15, 0.2) is 24.3 Å². The molecule has 104 valence electrons. The van der Waals surface area contributed by atoms with E-state index in [0.717, 1.165) is 30.9 Å². The Morgan fingerprint density at radius 3 is 2.58 bits per heavy atom. The molecule has 0 unspecified atom stereocenters. The van der Waals surface area contributed by atoms with Gasteiger partial charge in [0.05, 0.1) is 12.2 Å². The molecule has 1 aromatic carbocycles. The summed E-state index contributed by atoms with van der Waals surface area (Å²) in [7, 11) is 0. The standard InChI is InChI=1S/C15H22N2O2/c1-11-8-17(9-12(2)19-11)10-14-6-4-5-7-15(14)16-13(3)18/h4-7,11-12H,8-10H2,1-3H3,(H,16,18)/t11-,12+. The smallest absolute Gasteiger partial charge is 0.221 e. The first-order valence-electron chi connectivity index (χ1n) is 6.78.